The van der Waals surface area contributed by atoms with E-state index in [-0.39, 0.29) is 5.56 Å². The zero-order valence-corrected chi connectivity index (χ0v) is 14.7. The Bertz CT molecular complexity index is 884. The maximum absolute atomic E-state index is 12.3. The van der Waals surface area contributed by atoms with E-state index in [4.69, 9.17) is 10.7 Å². The molecule has 3 N–H and O–H groups in total. The number of primary amides is 1. The van der Waals surface area contributed by atoms with E-state index in [1.165, 1.54) is 0 Å². The predicted molar refractivity (Wildman–Crippen MR) is 101 cm³/mol. The van der Waals surface area contributed by atoms with Gasteiger partial charge in [-0.1, -0.05) is 12.1 Å². The van der Waals surface area contributed by atoms with Crippen LogP contribution in [0.5, 0.6) is 0 Å². The van der Waals surface area contributed by atoms with Crippen molar-refractivity contribution in [3.63, 3.8) is 0 Å². The molecule has 1 fully saturated rings. The number of para-hydroxylation sites is 1. The number of benzene rings is 1. The summed E-state index contributed by atoms with van der Waals surface area (Å²) in [7, 11) is 0. The van der Waals surface area contributed by atoms with Gasteiger partial charge < -0.3 is 15.5 Å². The normalized spacial score (nSPS) is 17.1. The Morgan fingerprint density at radius 3 is 2.50 bits per heavy atom. The van der Waals surface area contributed by atoms with Gasteiger partial charge in [0.15, 0.2) is 0 Å². The number of carbonyl (C=O) groups excluding carboxylic acids is 1. The first kappa shape index (κ1) is 16.6. The van der Waals surface area contributed by atoms with Gasteiger partial charge in [0, 0.05) is 37.4 Å². The number of aromatic nitrogens is 2. The minimum Gasteiger partial charge on any atom is -0.367 e. The van der Waals surface area contributed by atoms with Crippen molar-refractivity contribution in [2.75, 3.05) is 36.0 Å². The van der Waals surface area contributed by atoms with E-state index in [1.54, 1.807) is 6.07 Å². The Morgan fingerprint density at radius 1 is 1.04 bits per heavy atom. The van der Waals surface area contributed by atoms with E-state index in [0.717, 1.165) is 68.8 Å². The molecule has 0 atom stereocenters. The van der Waals surface area contributed by atoms with Gasteiger partial charge in [-0.3, -0.25) is 14.6 Å². The van der Waals surface area contributed by atoms with Crippen molar-refractivity contribution < 1.29 is 4.79 Å². The third kappa shape index (κ3) is 3.05. The first-order chi connectivity index (χ1) is 12.6. The van der Waals surface area contributed by atoms with Gasteiger partial charge in [0.05, 0.1) is 11.3 Å². The molecule has 0 bridgehead atoms. The first-order valence-corrected chi connectivity index (χ1v) is 9.14. The highest BCUT2D eigenvalue weighted by molar-refractivity contribution is 5.98. The number of aromatic amines is 1. The smallest absolute Gasteiger partial charge is 0.255 e. The second-order valence-corrected chi connectivity index (χ2v) is 6.88. The van der Waals surface area contributed by atoms with Gasteiger partial charge in [-0.25, -0.2) is 4.98 Å². The standard InChI is InChI=1S/C19H23N5O2/c20-17(25)14-6-2-4-8-16(14)23-9-11-24(12-10-23)19-21-15-7-3-1-5-13(15)18(26)22-19/h2,4,6,8H,1,3,5,7,9-12H2,(H2,20,25)(H,21,22,26). The molecule has 1 aromatic carbocycles. The van der Waals surface area contributed by atoms with Gasteiger partial charge in [-0.15, -0.1) is 0 Å². The molecule has 2 aliphatic rings. The Kier molecular flexibility index (Phi) is 4.36. The summed E-state index contributed by atoms with van der Waals surface area (Å²) in [6.45, 7) is 2.94. The van der Waals surface area contributed by atoms with E-state index in [2.05, 4.69) is 14.8 Å². The van der Waals surface area contributed by atoms with Crippen LogP contribution < -0.4 is 21.1 Å². The van der Waals surface area contributed by atoms with Crippen molar-refractivity contribution in [3.05, 3.63) is 51.4 Å². The molecule has 1 aliphatic carbocycles. The summed E-state index contributed by atoms with van der Waals surface area (Å²) in [6, 6.07) is 7.42. The Hall–Kier alpha value is -2.83. The molecular weight excluding hydrogens is 330 g/mol. The summed E-state index contributed by atoms with van der Waals surface area (Å²) in [5.41, 5.74) is 8.72. The number of nitrogens with two attached hydrogens (primary N) is 1. The molecule has 2 aromatic rings. The van der Waals surface area contributed by atoms with E-state index in [1.807, 2.05) is 18.2 Å². The number of H-pyrrole nitrogens is 1. The molecule has 26 heavy (non-hydrogen) atoms. The molecule has 1 aromatic heterocycles. The minimum atomic E-state index is -0.413. The Labute approximate surface area is 151 Å². The van der Waals surface area contributed by atoms with Crippen molar-refractivity contribution in [1.29, 1.82) is 0 Å². The highest BCUT2D eigenvalue weighted by atomic mass is 16.1. The lowest BCUT2D eigenvalue weighted by atomic mass is 9.97. The number of amides is 1. The summed E-state index contributed by atoms with van der Waals surface area (Å²) < 4.78 is 0. The largest absolute Gasteiger partial charge is 0.367 e. The van der Waals surface area contributed by atoms with Crippen molar-refractivity contribution in [3.8, 4) is 0 Å². The number of carbonyl (C=O) groups is 1. The van der Waals surface area contributed by atoms with Crippen LogP contribution in [-0.2, 0) is 12.8 Å². The number of nitrogens with one attached hydrogen (secondary N) is 1. The number of aryl methyl sites for hydroxylation is 1. The number of anilines is 2. The monoisotopic (exact) mass is 353 g/mol. The number of nitrogens with zero attached hydrogens (tertiary/aromatic N) is 3. The second kappa shape index (κ2) is 6.82. The van der Waals surface area contributed by atoms with Crippen molar-refractivity contribution in [2.24, 2.45) is 5.73 Å². The zero-order valence-electron chi connectivity index (χ0n) is 14.7. The van der Waals surface area contributed by atoms with E-state index in [9.17, 15) is 9.59 Å². The maximum Gasteiger partial charge on any atom is 0.255 e. The molecular formula is C19H23N5O2. The number of hydrogen-bond donors (Lipinski definition) is 2. The summed E-state index contributed by atoms with van der Waals surface area (Å²) >= 11 is 0. The highest BCUT2D eigenvalue weighted by Crippen LogP contribution is 2.23. The van der Waals surface area contributed by atoms with Gasteiger partial charge in [0.25, 0.3) is 11.5 Å². The number of rotatable bonds is 3. The fourth-order valence-electron chi connectivity index (χ4n) is 3.86. The molecule has 7 nitrogen and oxygen atoms in total. The van der Waals surface area contributed by atoms with Crippen LogP contribution in [0.25, 0.3) is 0 Å². The lowest BCUT2D eigenvalue weighted by molar-refractivity contribution is 0.100. The summed E-state index contributed by atoms with van der Waals surface area (Å²) in [6.07, 6.45) is 3.88. The first-order valence-electron chi connectivity index (χ1n) is 9.14. The Morgan fingerprint density at radius 2 is 1.73 bits per heavy atom. The lowest BCUT2D eigenvalue weighted by Crippen LogP contribution is -2.48. The molecule has 0 unspecified atom stereocenters. The fourth-order valence-corrected chi connectivity index (χ4v) is 3.86. The minimum absolute atomic E-state index is 0.00574. The lowest BCUT2D eigenvalue weighted by Gasteiger charge is -2.37. The second-order valence-electron chi connectivity index (χ2n) is 6.88. The number of piperazine rings is 1. The van der Waals surface area contributed by atoms with Crippen LogP contribution in [0.4, 0.5) is 11.6 Å². The molecule has 0 radical (unpaired) electrons. The van der Waals surface area contributed by atoms with E-state index >= 15 is 0 Å². The fraction of sp³-hybridized carbons (Fsp3) is 0.421. The molecule has 0 saturated carbocycles. The highest BCUT2D eigenvalue weighted by Gasteiger charge is 2.23. The molecule has 4 rings (SSSR count). The molecule has 136 valence electrons. The van der Waals surface area contributed by atoms with E-state index in [0.29, 0.717) is 11.5 Å². The molecule has 1 amide bonds. The van der Waals surface area contributed by atoms with Crippen molar-refractivity contribution in [2.45, 2.75) is 25.7 Å². The Balaban J connectivity index is 1.52. The molecule has 7 heteroatoms. The van der Waals surface area contributed by atoms with Gasteiger partial charge in [0.2, 0.25) is 5.95 Å². The van der Waals surface area contributed by atoms with Crippen molar-refractivity contribution in [1.82, 2.24) is 9.97 Å². The van der Waals surface area contributed by atoms with Crippen LogP contribution in [0.1, 0.15) is 34.5 Å². The van der Waals surface area contributed by atoms with Crippen LogP contribution in [-0.4, -0.2) is 42.1 Å². The van der Waals surface area contributed by atoms with Gasteiger partial charge >= 0.3 is 0 Å². The third-order valence-corrected chi connectivity index (χ3v) is 5.27. The quantitative estimate of drug-likeness (QED) is 0.861. The molecule has 1 aliphatic heterocycles. The third-order valence-electron chi connectivity index (χ3n) is 5.27. The molecule has 2 heterocycles. The SMILES string of the molecule is NC(=O)c1ccccc1N1CCN(c2nc3c(c(=O)[nH]2)CCCC3)CC1. The zero-order chi connectivity index (χ0) is 18.1. The summed E-state index contributed by atoms with van der Waals surface area (Å²) in [5, 5.41) is 0. The van der Waals surface area contributed by atoms with Crippen LogP contribution in [0.15, 0.2) is 29.1 Å². The topological polar surface area (TPSA) is 95.3 Å². The predicted octanol–water partition coefficient (Wildman–Crippen LogP) is 1.07. The maximum atomic E-state index is 12.3. The van der Waals surface area contributed by atoms with Crippen LogP contribution in [0.2, 0.25) is 0 Å². The number of fused-ring (bicyclic) bond motifs is 1. The van der Waals surface area contributed by atoms with Crippen LogP contribution in [0, 0.1) is 0 Å². The van der Waals surface area contributed by atoms with Gasteiger partial charge in [-0.2, -0.15) is 0 Å². The van der Waals surface area contributed by atoms with Crippen LogP contribution in [0.3, 0.4) is 0 Å². The van der Waals surface area contributed by atoms with Gasteiger partial charge in [0.1, 0.15) is 0 Å². The number of hydrogen-bond acceptors (Lipinski definition) is 5. The average Bonchev–Trinajstić information content (AvgIpc) is 2.68. The van der Waals surface area contributed by atoms with Gasteiger partial charge in [-0.05, 0) is 37.8 Å². The summed E-state index contributed by atoms with van der Waals surface area (Å²) in [5.74, 6) is 0.252. The average molecular weight is 353 g/mol. The summed E-state index contributed by atoms with van der Waals surface area (Å²) in [4.78, 5) is 36.0. The molecule has 0 spiro atoms. The van der Waals surface area contributed by atoms with E-state index < -0.39 is 5.91 Å². The van der Waals surface area contributed by atoms with Crippen molar-refractivity contribution >= 4 is 17.5 Å². The van der Waals surface area contributed by atoms with Crippen LogP contribution >= 0.6 is 0 Å². The molecule has 1 saturated heterocycles.